The van der Waals surface area contributed by atoms with Gasteiger partial charge in [0, 0.05) is 7.05 Å². The molecule has 2 N–H and O–H groups in total. The quantitative estimate of drug-likeness (QED) is 0.217. The van der Waals surface area contributed by atoms with Gasteiger partial charge < -0.3 is 10.5 Å². The van der Waals surface area contributed by atoms with Gasteiger partial charge in [0.2, 0.25) is 5.91 Å². The van der Waals surface area contributed by atoms with Crippen LogP contribution in [0.4, 0.5) is 0 Å². The van der Waals surface area contributed by atoms with Gasteiger partial charge >= 0.3 is 0 Å². The molecular weight excluding hydrogens is 176 g/mol. The van der Waals surface area contributed by atoms with Crippen LogP contribution in [0, 0.1) is 17.6 Å². The predicted octanol–water partition coefficient (Wildman–Crippen LogP) is 0.480. The first kappa shape index (κ1) is 10.8. The smallest absolute Gasteiger partial charge is 0.229 e. The van der Waals surface area contributed by atoms with Crippen molar-refractivity contribution in [1.82, 2.24) is 5.32 Å². The highest BCUT2D eigenvalue weighted by Crippen LogP contribution is 2.11. The molecular formula is C7H10N2O2S. The van der Waals surface area contributed by atoms with Crippen LogP contribution in [0.1, 0.15) is 6.92 Å². The summed E-state index contributed by atoms with van der Waals surface area (Å²) in [6, 6.07) is 0. The molecule has 0 saturated heterocycles. The molecule has 0 spiro atoms. The van der Waals surface area contributed by atoms with Gasteiger partial charge in [0.05, 0.1) is 5.92 Å². The Bertz CT molecular complexity index is 232. The molecule has 12 heavy (non-hydrogen) atoms. The summed E-state index contributed by atoms with van der Waals surface area (Å²) in [6.45, 7) is 1.61. The average molecular weight is 186 g/mol. The van der Waals surface area contributed by atoms with E-state index in [0.29, 0.717) is 0 Å². The second-order valence-electron chi connectivity index (χ2n) is 1.99. The fourth-order valence-corrected chi connectivity index (χ4v) is 1.03. The van der Waals surface area contributed by atoms with Gasteiger partial charge in [0.25, 0.3) is 0 Å². The molecule has 0 aliphatic rings. The van der Waals surface area contributed by atoms with Crippen molar-refractivity contribution >= 4 is 22.7 Å². The second-order valence-corrected chi connectivity index (χ2v) is 2.85. The maximum absolute atomic E-state index is 11.0. The first-order valence-electron chi connectivity index (χ1n) is 3.23. The van der Waals surface area contributed by atoms with Gasteiger partial charge in [0.15, 0.2) is 0 Å². The highest BCUT2D eigenvalue weighted by Gasteiger charge is 2.18. The number of terminal acetylenes is 1. The third-order valence-corrected chi connectivity index (χ3v) is 2.03. The van der Waals surface area contributed by atoms with Gasteiger partial charge in [-0.1, -0.05) is 5.16 Å². The minimum Gasteiger partial charge on any atom is -0.410 e. The van der Waals surface area contributed by atoms with Crippen LogP contribution in [-0.4, -0.2) is 23.2 Å². The molecule has 4 nitrogen and oxygen atoms in total. The maximum atomic E-state index is 11.0. The van der Waals surface area contributed by atoms with E-state index >= 15 is 0 Å². The molecule has 0 aromatic rings. The number of amides is 1. The van der Waals surface area contributed by atoms with Crippen molar-refractivity contribution in [3.8, 4) is 11.7 Å². The van der Waals surface area contributed by atoms with Crippen molar-refractivity contribution in [2.24, 2.45) is 11.1 Å². The molecule has 0 rings (SSSR count). The number of nitrogens with zero attached hydrogens (tertiary/aromatic N) is 1. The van der Waals surface area contributed by atoms with Gasteiger partial charge in [-0.15, -0.1) is 6.42 Å². The van der Waals surface area contributed by atoms with E-state index < -0.39 is 5.92 Å². The minimum absolute atomic E-state index is 0.219. The van der Waals surface area contributed by atoms with Gasteiger partial charge in [-0.05, 0) is 23.9 Å². The van der Waals surface area contributed by atoms with Gasteiger partial charge in [-0.25, -0.2) is 0 Å². The predicted molar refractivity (Wildman–Crippen MR) is 48.9 cm³/mol. The van der Waals surface area contributed by atoms with Crippen LogP contribution in [0.25, 0.3) is 0 Å². The molecule has 0 aromatic carbocycles. The summed E-state index contributed by atoms with van der Waals surface area (Å²) < 4.78 is 0. The number of thioether (sulfide) groups is 1. The van der Waals surface area contributed by atoms with E-state index in [9.17, 15) is 4.79 Å². The van der Waals surface area contributed by atoms with E-state index in [1.165, 1.54) is 7.05 Å². The monoisotopic (exact) mass is 186 g/mol. The normalized spacial score (nSPS) is 13.2. The van der Waals surface area contributed by atoms with E-state index in [0.717, 1.165) is 11.8 Å². The van der Waals surface area contributed by atoms with Crippen LogP contribution in [0.15, 0.2) is 5.16 Å². The number of carbonyl (C=O) groups is 1. The van der Waals surface area contributed by atoms with Gasteiger partial charge in [0.1, 0.15) is 5.04 Å². The van der Waals surface area contributed by atoms with Crippen LogP contribution in [0.3, 0.4) is 0 Å². The van der Waals surface area contributed by atoms with Crippen molar-refractivity contribution in [2.75, 3.05) is 7.05 Å². The van der Waals surface area contributed by atoms with Gasteiger partial charge in [-0.2, -0.15) is 0 Å². The molecule has 0 aliphatic carbocycles. The first-order chi connectivity index (χ1) is 5.67. The van der Waals surface area contributed by atoms with E-state index in [2.05, 4.69) is 15.7 Å². The van der Waals surface area contributed by atoms with Crippen LogP contribution >= 0.6 is 11.8 Å². The van der Waals surface area contributed by atoms with E-state index in [-0.39, 0.29) is 11.0 Å². The van der Waals surface area contributed by atoms with Crippen LogP contribution in [-0.2, 0) is 4.79 Å². The number of carbonyl (C=O) groups excluding carboxylic acids is 1. The summed E-state index contributed by atoms with van der Waals surface area (Å²) in [5, 5.41) is 16.3. The van der Waals surface area contributed by atoms with Crippen LogP contribution < -0.4 is 5.32 Å². The fourth-order valence-electron chi connectivity index (χ4n) is 0.584. The molecule has 1 amide bonds. The van der Waals surface area contributed by atoms with Crippen molar-refractivity contribution < 1.29 is 10.0 Å². The molecule has 0 aromatic heterocycles. The summed E-state index contributed by atoms with van der Waals surface area (Å²) in [4.78, 5) is 11.0. The summed E-state index contributed by atoms with van der Waals surface area (Å²) in [6.07, 6.45) is 4.97. The average Bonchev–Trinajstić information content (AvgIpc) is 2.11. The largest absolute Gasteiger partial charge is 0.410 e. The third-order valence-electron chi connectivity index (χ3n) is 1.27. The third kappa shape index (κ3) is 2.84. The minimum atomic E-state index is -0.513. The highest BCUT2D eigenvalue weighted by molar-refractivity contribution is 8.18. The zero-order valence-electron chi connectivity index (χ0n) is 6.87. The fraction of sp³-hybridized carbons (Fsp3) is 0.429. The number of hydrogen-bond acceptors (Lipinski definition) is 4. The summed E-state index contributed by atoms with van der Waals surface area (Å²) in [5.74, 6) is -0.744. The van der Waals surface area contributed by atoms with Crippen LogP contribution in [0.2, 0.25) is 0 Å². The Hall–Kier alpha value is -1.15. The zero-order valence-corrected chi connectivity index (χ0v) is 7.68. The summed E-state index contributed by atoms with van der Waals surface area (Å²) >= 11 is 0.895. The molecule has 0 bridgehead atoms. The Kier molecular flexibility index (Phi) is 4.97. The topological polar surface area (TPSA) is 61.7 Å². The molecule has 0 aliphatic heterocycles. The highest BCUT2D eigenvalue weighted by atomic mass is 32.2. The van der Waals surface area contributed by atoms with Gasteiger partial charge in [-0.3, -0.25) is 4.79 Å². The van der Waals surface area contributed by atoms with E-state index in [4.69, 9.17) is 11.6 Å². The van der Waals surface area contributed by atoms with Crippen LogP contribution in [0.5, 0.6) is 0 Å². The molecule has 66 valence electrons. The lowest BCUT2D eigenvalue weighted by atomic mass is 10.2. The second kappa shape index (κ2) is 5.49. The van der Waals surface area contributed by atoms with Crippen molar-refractivity contribution in [3.05, 3.63) is 0 Å². The molecule has 0 radical (unpaired) electrons. The molecule has 1 unspecified atom stereocenters. The lowest BCUT2D eigenvalue weighted by Crippen LogP contribution is -2.29. The standard InChI is InChI=1S/C7H10N2O2S/c1-4-12-7(9-11)5(2)6(10)8-3/h1,5,11H,2-3H3,(H,8,10)/b9-7+. The zero-order chi connectivity index (χ0) is 9.56. The number of rotatable bonds is 2. The molecule has 5 heteroatoms. The number of hydrogen-bond donors (Lipinski definition) is 2. The van der Waals surface area contributed by atoms with Crippen molar-refractivity contribution in [1.29, 1.82) is 0 Å². The van der Waals surface area contributed by atoms with Crippen molar-refractivity contribution in [3.63, 3.8) is 0 Å². The Balaban J connectivity index is 4.34. The van der Waals surface area contributed by atoms with E-state index in [1.807, 2.05) is 0 Å². The molecule has 0 fully saturated rings. The lowest BCUT2D eigenvalue weighted by Gasteiger charge is -2.07. The Morgan fingerprint density at radius 1 is 1.83 bits per heavy atom. The molecule has 1 atom stereocenters. The summed E-state index contributed by atoms with van der Waals surface area (Å²) in [5.41, 5.74) is 0. The number of oxime groups is 1. The Morgan fingerprint density at radius 2 is 2.42 bits per heavy atom. The number of nitrogens with one attached hydrogen (secondary N) is 1. The lowest BCUT2D eigenvalue weighted by molar-refractivity contribution is -0.122. The summed E-state index contributed by atoms with van der Waals surface area (Å²) in [7, 11) is 1.51. The maximum Gasteiger partial charge on any atom is 0.229 e. The van der Waals surface area contributed by atoms with E-state index in [1.54, 1.807) is 6.92 Å². The SMILES string of the molecule is C#CS/C(=N/O)C(C)C(=O)NC. The first-order valence-corrected chi connectivity index (χ1v) is 4.05. The molecule has 0 heterocycles. The van der Waals surface area contributed by atoms with Crippen molar-refractivity contribution in [2.45, 2.75) is 6.92 Å². The Labute approximate surface area is 75.4 Å². The Morgan fingerprint density at radius 3 is 2.75 bits per heavy atom. The molecule has 0 saturated carbocycles.